The molecule has 0 aliphatic heterocycles. The molecule has 7 N–H and O–H groups in total. The first-order valence-electron chi connectivity index (χ1n) is 12.1. The highest BCUT2D eigenvalue weighted by Gasteiger charge is 2.14. The number of carbonyl (C=O) groups is 2. The smallest absolute Gasteiger partial charge is 0.253 e. The van der Waals surface area contributed by atoms with Crippen LogP contribution in [0.1, 0.15) is 35.3 Å². The predicted octanol–water partition coefficient (Wildman–Crippen LogP) is 3.84. The summed E-state index contributed by atoms with van der Waals surface area (Å²) in [6.45, 7) is 6.02. The summed E-state index contributed by atoms with van der Waals surface area (Å²) < 4.78 is 26.7. The number of benzene rings is 2. The number of aromatic hydroxyl groups is 1. The highest BCUT2D eigenvalue weighted by molar-refractivity contribution is 5.96. The molecule has 2 aromatic carbocycles. The Bertz CT molecular complexity index is 1690. The van der Waals surface area contributed by atoms with Gasteiger partial charge in [-0.1, -0.05) is 6.58 Å². The van der Waals surface area contributed by atoms with Gasteiger partial charge < -0.3 is 31.4 Å². The Morgan fingerprint density at radius 2 is 1.87 bits per heavy atom. The number of halogens is 2. The Hall–Kier alpha value is -5.00. The standard InChI is InChI=1S/C27H27F2N7O3/c1-14-22(13-32-36-25-18-11-16(28)6-8-20(18)35-27(25)39)33-15(2)24(14)26(38)31-10-4-3-5-23(37)34-21-9-7-17(29)12-19(21)30/h6-9,11-13,33,35,39H,1,3-5,10,30H2,2H3,(H,31,38)(H,34,37). The molecule has 0 aliphatic carbocycles. The van der Waals surface area contributed by atoms with Crippen molar-refractivity contribution in [1.29, 1.82) is 0 Å². The van der Waals surface area contributed by atoms with Crippen molar-refractivity contribution in [3.63, 3.8) is 0 Å². The summed E-state index contributed by atoms with van der Waals surface area (Å²) in [4.78, 5) is 30.6. The molecule has 12 heteroatoms. The van der Waals surface area contributed by atoms with E-state index in [0.29, 0.717) is 57.8 Å². The van der Waals surface area contributed by atoms with Gasteiger partial charge in [0.05, 0.1) is 34.0 Å². The van der Waals surface area contributed by atoms with Crippen molar-refractivity contribution in [2.24, 2.45) is 10.2 Å². The third-order valence-corrected chi connectivity index (χ3v) is 6.01. The molecule has 0 aliphatic rings. The molecule has 0 saturated heterocycles. The van der Waals surface area contributed by atoms with Crippen molar-refractivity contribution in [3.8, 4) is 5.88 Å². The first kappa shape index (κ1) is 27.0. The lowest BCUT2D eigenvalue weighted by atomic mass is 10.2. The number of amides is 2. The van der Waals surface area contributed by atoms with E-state index in [2.05, 4.69) is 37.4 Å². The summed E-state index contributed by atoms with van der Waals surface area (Å²) >= 11 is 0. The number of H-pyrrole nitrogens is 2. The highest BCUT2D eigenvalue weighted by atomic mass is 19.1. The van der Waals surface area contributed by atoms with Gasteiger partial charge in [0.25, 0.3) is 5.91 Å². The molecule has 2 amide bonds. The molecule has 0 bridgehead atoms. The Labute approximate surface area is 221 Å². The van der Waals surface area contributed by atoms with Crippen LogP contribution in [0.15, 0.2) is 46.6 Å². The molecule has 0 atom stereocenters. The van der Waals surface area contributed by atoms with E-state index in [1.54, 1.807) is 6.92 Å². The van der Waals surface area contributed by atoms with E-state index in [1.165, 1.54) is 36.5 Å². The maximum Gasteiger partial charge on any atom is 0.253 e. The van der Waals surface area contributed by atoms with Crippen molar-refractivity contribution in [2.45, 2.75) is 26.2 Å². The number of nitrogens with zero attached hydrogens (tertiary/aromatic N) is 2. The van der Waals surface area contributed by atoms with Crippen molar-refractivity contribution in [3.05, 3.63) is 69.9 Å². The maximum atomic E-state index is 13.6. The zero-order valence-corrected chi connectivity index (χ0v) is 21.1. The van der Waals surface area contributed by atoms with Crippen molar-refractivity contribution in [2.75, 3.05) is 17.6 Å². The van der Waals surface area contributed by atoms with Gasteiger partial charge in [-0.05, 0) is 56.2 Å². The summed E-state index contributed by atoms with van der Waals surface area (Å²) in [5.41, 5.74) is 7.71. The number of carbonyl (C=O) groups excluding carboxylic acids is 2. The van der Waals surface area contributed by atoms with Crippen molar-refractivity contribution in [1.82, 2.24) is 15.3 Å². The summed E-state index contributed by atoms with van der Waals surface area (Å²) in [6.07, 6.45) is 2.63. The Balaban J connectivity index is 1.32. The highest BCUT2D eigenvalue weighted by Crippen LogP contribution is 2.35. The minimum absolute atomic E-state index is 0.0856. The molecule has 0 saturated carbocycles. The van der Waals surface area contributed by atoms with E-state index in [4.69, 9.17) is 5.73 Å². The second kappa shape index (κ2) is 11.6. The van der Waals surface area contributed by atoms with Crippen molar-refractivity contribution >= 4 is 52.6 Å². The fourth-order valence-electron chi connectivity index (χ4n) is 4.06. The largest absolute Gasteiger partial charge is 0.493 e. The Morgan fingerprint density at radius 1 is 1.13 bits per heavy atom. The molecule has 0 unspecified atom stereocenters. The van der Waals surface area contributed by atoms with Crippen LogP contribution in [0.25, 0.3) is 23.7 Å². The number of rotatable bonds is 9. The van der Waals surface area contributed by atoms with Crippen LogP contribution in [0.4, 0.5) is 25.8 Å². The second-order valence-electron chi connectivity index (χ2n) is 8.87. The number of hydrogen-bond donors (Lipinski definition) is 6. The Morgan fingerprint density at radius 3 is 2.64 bits per heavy atom. The molecule has 4 aromatic rings. The van der Waals surface area contributed by atoms with Gasteiger partial charge in [0.2, 0.25) is 11.8 Å². The van der Waals surface area contributed by atoms with E-state index < -0.39 is 11.6 Å². The molecule has 202 valence electrons. The van der Waals surface area contributed by atoms with Crippen LogP contribution in [0.2, 0.25) is 0 Å². The normalized spacial score (nSPS) is 11.9. The number of nitrogens with two attached hydrogens (primary N) is 1. The molecule has 0 fully saturated rings. The van der Waals surface area contributed by atoms with Crippen molar-refractivity contribution < 1.29 is 23.5 Å². The Kier molecular flexibility index (Phi) is 8.04. The number of hydrogen-bond acceptors (Lipinski definition) is 6. The van der Waals surface area contributed by atoms with E-state index in [-0.39, 0.29) is 35.5 Å². The number of aryl methyl sites for hydroxylation is 1. The quantitative estimate of drug-likeness (QED) is 0.109. The molecule has 39 heavy (non-hydrogen) atoms. The maximum absolute atomic E-state index is 13.6. The third-order valence-electron chi connectivity index (χ3n) is 6.01. The van der Waals surface area contributed by atoms with E-state index in [0.717, 1.165) is 6.07 Å². The van der Waals surface area contributed by atoms with E-state index in [1.807, 2.05) is 0 Å². The predicted molar refractivity (Wildman–Crippen MR) is 145 cm³/mol. The molecule has 0 radical (unpaired) electrons. The number of nitrogen functional groups attached to an aromatic ring is 1. The van der Waals surface area contributed by atoms with Gasteiger partial charge in [0, 0.05) is 29.3 Å². The van der Waals surface area contributed by atoms with Gasteiger partial charge in [0.1, 0.15) is 11.6 Å². The molecule has 2 aromatic heterocycles. The number of fused-ring (bicyclic) bond motifs is 1. The number of aromatic nitrogens is 2. The lowest BCUT2D eigenvalue weighted by molar-refractivity contribution is -0.116. The van der Waals surface area contributed by atoms with Crippen LogP contribution >= 0.6 is 0 Å². The first-order chi connectivity index (χ1) is 18.6. The number of aromatic amines is 2. The minimum Gasteiger partial charge on any atom is -0.493 e. The van der Waals surface area contributed by atoms with Gasteiger partial charge in [-0.3, -0.25) is 9.59 Å². The number of anilines is 2. The van der Waals surface area contributed by atoms with Crippen LogP contribution in [0.5, 0.6) is 5.88 Å². The molecule has 0 spiro atoms. The van der Waals surface area contributed by atoms with Gasteiger partial charge >= 0.3 is 0 Å². The number of azo groups is 1. The van der Waals surface area contributed by atoms with Gasteiger partial charge in [0.15, 0.2) is 5.69 Å². The van der Waals surface area contributed by atoms with Crippen LogP contribution in [0.3, 0.4) is 0 Å². The van der Waals surface area contributed by atoms with Gasteiger partial charge in [-0.25, -0.2) is 8.78 Å². The van der Waals surface area contributed by atoms with Gasteiger partial charge in [-0.15, -0.1) is 5.11 Å². The number of unbranched alkanes of at least 4 members (excludes halogenated alkanes) is 1. The molecular formula is C27H27F2N7O3. The lowest BCUT2D eigenvalue weighted by Crippen LogP contribution is -2.32. The van der Waals surface area contributed by atoms with Crippen LogP contribution in [-0.2, 0) is 4.79 Å². The van der Waals surface area contributed by atoms with E-state index >= 15 is 0 Å². The zero-order valence-electron chi connectivity index (χ0n) is 21.1. The SMILES string of the molecule is C=c1c(C(=O)NCCCCC(=O)Nc2ccc(F)cc2N)c(C)[nH]c1=CN=Nc1c(O)[nH]c2ccc(F)cc12. The van der Waals surface area contributed by atoms with Gasteiger partial charge in [-0.2, -0.15) is 5.11 Å². The number of nitrogens with one attached hydrogen (secondary N) is 4. The summed E-state index contributed by atoms with van der Waals surface area (Å²) in [6, 6.07) is 7.73. The topological polar surface area (TPSA) is 161 Å². The molecule has 10 nitrogen and oxygen atoms in total. The van der Waals surface area contributed by atoms with E-state index in [9.17, 15) is 23.5 Å². The molecular weight excluding hydrogens is 508 g/mol. The minimum atomic E-state index is -0.484. The van der Waals surface area contributed by atoms with Crippen LogP contribution < -0.4 is 26.9 Å². The first-order valence-corrected chi connectivity index (χ1v) is 12.1. The zero-order chi connectivity index (χ0) is 28.1. The summed E-state index contributed by atoms with van der Waals surface area (Å²) in [7, 11) is 0. The average molecular weight is 536 g/mol. The third kappa shape index (κ3) is 6.29. The molecule has 4 rings (SSSR count). The lowest BCUT2D eigenvalue weighted by Gasteiger charge is -2.08. The van der Waals surface area contributed by atoms with Crippen LogP contribution in [-0.4, -0.2) is 33.4 Å². The monoisotopic (exact) mass is 535 g/mol. The van der Waals surface area contributed by atoms with Crippen LogP contribution in [0, 0.1) is 18.6 Å². The second-order valence-corrected chi connectivity index (χ2v) is 8.87. The fraction of sp³-hybridized carbons (Fsp3) is 0.185. The molecule has 2 heterocycles. The summed E-state index contributed by atoms with van der Waals surface area (Å²) in [5, 5.41) is 24.7. The average Bonchev–Trinajstić information content (AvgIpc) is 3.34. The summed E-state index contributed by atoms with van der Waals surface area (Å²) in [5.74, 6) is -1.80. The fourth-order valence-corrected chi connectivity index (χ4v) is 4.06.